The van der Waals surface area contributed by atoms with Crippen LogP contribution in [0.1, 0.15) is 10.6 Å². The number of carbonyl (C=O) groups excluding carboxylic acids is 1. The molecule has 0 bridgehead atoms. The van der Waals surface area contributed by atoms with Crippen LogP contribution in [0.15, 0.2) is 57.8 Å². The summed E-state index contributed by atoms with van der Waals surface area (Å²) in [6.07, 6.45) is 0.525. The topological polar surface area (TPSA) is 84.6 Å². The number of carbonyl (C=O) groups is 1. The molecule has 0 aliphatic rings. The number of hydrogen-bond donors (Lipinski definition) is 1. The molecule has 2 aromatic carbocycles. The Bertz CT molecular complexity index is 938. The summed E-state index contributed by atoms with van der Waals surface area (Å²) in [6.45, 7) is 0. The Kier molecular flexibility index (Phi) is 3.12. The maximum absolute atomic E-state index is 11.8. The summed E-state index contributed by atoms with van der Waals surface area (Å²) in [5.74, 6) is 0.287. The van der Waals surface area contributed by atoms with Crippen LogP contribution in [0.3, 0.4) is 0 Å². The number of furan rings is 1. The van der Waals surface area contributed by atoms with Crippen molar-refractivity contribution < 1.29 is 22.2 Å². The first-order valence-corrected chi connectivity index (χ1v) is 7.49. The summed E-state index contributed by atoms with van der Waals surface area (Å²) in [5, 5.41) is 1.07. The molecule has 0 saturated heterocycles. The highest BCUT2D eigenvalue weighted by Crippen LogP contribution is 2.34. The third-order valence-corrected chi connectivity index (χ3v) is 4.10. The van der Waals surface area contributed by atoms with Gasteiger partial charge in [0.15, 0.2) is 12.0 Å². The van der Waals surface area contributed by atoms with Gasteiger partial charge in [0.2, 0.25) is 0 Å². The minimum absolute atomic E-state index is 0.0828. The number of benzene rings is 2. The molecule has 0 aliphatic carbocycles. The zero-order valence-corrected chi connectivity index (χ0v) is 11.5. The molecular weight excluding hydrogens is 292 g/mol. The van der Waals surface area contributed by atoms with E-state index >= 15 is 0 Å². The second-order valence-corrected chi connectivity index (χ2v) is 5.82. The van der Waals surface area contributed by atoms with Crippen molar-refractivity contribution in [1.29, 1.82) is 0 Å². The molecule has 0 amide bonds. The van der Waals surface area contributed by atoms with Crippen LogP contribution in [0.4, 0.5) is 0 Å². The molecule has 3 aromatic rings. The maximum atomic E-state index is 11.8. The minimum Gasteiger partial charge on any atom is -0.453 e. The van der Waals surface area contributed by atoms with Crippen LogP contribution in [0, 0.1) is 0 Å². The van der Waals surface area contributed by atoms with E-state index in [0.717, 1.165) is 0 Å². The lowest BCUT2D eigenvalue weighted by atomic mass is 10.1. The van der Waals surface area contributed by atoms with E-state index < -0.39 is 10.1 Å². The number of aldehydes is 1. The van der Waals surface area contributed by atoms with Crippen LogP contribution >= 0.6 is 0 Å². The summed E-state index contributed by atoms with van der Waals surface area (Å²) in [7, 11) is -4.45. The molecule has 0 atom stereocenters. The van der Waals surface area contributed by atoms with E-state index in [1.807, 2.05) is 0 Å². The summed E-state index contributed by atoms with van der Waals surface area (Å²) in [5.41, 5.74) is 0.212. The van der Waals surface area contributed by atoms with E-state index in [1.165, 1.54) is 12.1 Å². The fourth-order valence-electron chi connectivity index (χ4n) is 2.28. The lowest BCUT2D eigenvalue weighted by Gasteiger charge is -2.08. The van der Waals surface area contributed by atoms with E-state index in [1.54, 1.807) is 36.4 Å². The molecule has 3 rings (SSSR count). The Morgan fingerprint density at radius 1 is 1.00 bits per heavy atom. The molecule has 0 radical (unpaired) electrons. The van der Waals surface area contributed by atoms with Crippen molar-refractivity contribution in [3.63, 3.8) is 0 Å². The van der Waals surface area contributed by atoms with Crippen molar-refractivity contribution >= 4 is 27.2 Å². The van der Waals surface area contributed by atoms with Gasteiger partial charge in [-0.25, -0.2) is 0 Å². The van der Waals surface area contributed by atoms with E-state index in [0.29, 0.717) is 17.1 Å². The first-order chi connectivity index (χ1) is 10.0. The molecule has 0 fully saturated rings. The minimum atomic E-state index is -4.45. The van der Waals surface area contributed by atoms with Crippen molar-refractivity contribution in [2.24, 2.45) is 0 Å². The van der Waals surface area contributed by atoms with Crippen LogP contribution in [0.25, 0.3) is 22.1 Å². The smallest absolute Gasteiger partial charge is 0.295 e. The van der Waals surface area contributed by atoms with Gasteiger partial charge in [-0.1, -0.05) is 30.3 Å². The molecule has 0 saturated carbocycles. The van der Waals surface area contributed by atoms with Crippen LogP contribution < -0.4 is 0 Å². The Balaban J connectivity index is 2.40. The number of rotatable bonds is 3. The summed E-state index contributed by atoms with van der Waals surface area (Å²) >= 11 is 0. The highest BCUT2D eigenvalue weighted by Gasteiger charge is 2.22. The highest BCUT2D eigenvalue weighted by molar-refractivity contribution is 7.86. The normalized spacial score (nSPS) is 11.7. The van der Waals surface area contributed by atoms with Crippen molar-refractivity contribution in [3.05, 3.63) is 54.3 Å². The zero-order valence-electron chi connectivity index (χ0n) is 10.7. The van der Waals surface area contributed by atoms with Crippen LogP contribution in [-0.2, 0) is 10.1 Å². The SMILES string of the molecule is O=Cc1ccc(-c2ccc3ccccc3c2S(=O)(=O)O)o1. The highest BCUT2D eigenvalue weighted by atomic mass is 32.2. The van der Waals surface area contributed by atoms with Gasteiger partial charge in [-0.05, 0) is 23.6 Å². The standard InChI is InChI=1S/C15H10O5S/c16-9-11-6-8-14(20-11)13-7-5-10-3-1-2-4-12(10)15(13)21(17,18)19/h1-9H,(H,17,18,19). The predicted octanol–water partition coefficient (Wildman–Crippen LogP) is 3.16. The molecule has 21 heavy (non-hydrogen) atoms. The van der Waals surface area contributed by atoms with Crippen molar-refractivity contribution in [1.82, 2.24) is 0 Å². The van der Waals surface area contributed by atoms with Gasteiger partial charge in [0, 0.05) is 10.9 Å². The van der Waals surface area contributed by atoms with E-state index in [-0.39, 0.29) is 22.0 Å². The summed E-state index contributed by atoms with van der Waals surface area (Å²) in [6, 6.07) is 13.0. The molecule has 106 valence electrons. The maximum Gasteiger partial charge on any atom is 0.295 e. The Morgan fingerprint density at radius 2 is 1.76 bits per heavy atom. The molecule has 0 spiro atoms. The molecule has 5 nitrogen and oxygen atoms in total. The molecule has 1 N–H and O–H groups in total. The third-order valence-electron chi connectivity index (χ3n) is 3.15. The van der Waals surface area contributed by atoms with E-state index in [4.69, 9.17) is 4.42 Å². The van der Waals surface area contributed by atoms with Crippen molar-refractivity contribution in [2.75, 3.05) is 0 Å². The predicted molar refractivity (Wildman–Crippen MR) is 76.9 cm³/mol. The average molecular weight is 302 g/mol. The molecule has 1 aromatic heterocycles. The summed E-state index contributed by atoms with van der Waals surface area (Å²) < 4.78 is 38.3. The van der Waals surface area contributed by atoms with Gasteiger partial charge in [-0.2, -0.15) is 8.42 Å². The molecule has 0 unspecified atom stereocenters. The van der Waals surface area contributed by atoms with Gasteiger partial charge in [-0.3, -0.25) is 9.35 Å². The van der Waals surface area contributed by atoms with Crippen molar-refractivity contribution in [3.8, 4) is 11.3 Å². The van der Waals surface area contributed by atoms with Gasteiger partial charge in [0.05, 0.1) is 0 Å². The largest absolute Gasteiger partial charge is 0.453 e. The van der Waals surface area contributed by atoms with Crippen LogP contribution in [-0.4, -0.2) is 19.3 Å². The zero-order chi connectivity index (χ0) is 15.0. The Labute approximate surface area is 120 Å². The fraction of sp³-hybridized carbons (Fsp3) is 0. The number of hydrogen-bond acceptors (Lipinski definition) is 4. The summed E-state index contributed by atoms with van der Waals surface area (Å²) in [4.78, 5) is 10.5. The molecule has 1 heterocycles. The average Bonchev–Trinajstić information content (AvgIpc) is 2.93. The first-order valence-electron chi connectivity index (χ1n) is 6.05. The second kappa shape index (κ2) is 4.83. The quantitative estimate of drug-likeness (QED) is 0.593. The number of fused-ring (bicyclic) bond motifs is 1. The molecular formula is C15H10O5S. The van der Waals surface area contributed by atoms with E-state index in [9.17, 15) is 17.8 Å². The Morgan fingerprint density at radius 3 is 2.43 bits per heavy atom. The molecule has 0 aliphatic heterocycles. The van der Waals surface area contributed by atoms with Gasteiger partial charge < -0.3 is 4.42 Å². The fourth-order valence-corrected chi connectivity index (χ4v) is 3.19. The lowest BCUT2D eigenvalue weighted by Crippen LogP contribution is -2.01. The van der Waals surface area contributed by atoms with E-state index in [2.05, 4.69) is 0 Å². The van der Waals surface area contributed by atoms with Crippen molar-refractivity contribution in [2.45, 2.75) is 4.90 Å². The monoisotopic (exact) mass is 302 g/mol. The molecule has 6 heteroatoms. The van der Waals surface area contributed by atoms with Gasteiger partial charge in [-0.15, -0.1) is 0 Å². The van der Waals surface area contributed by atoms with Gasteiger partial charge >= 0.3 is 0 Å². The Hall–Kier alpha value is -2.44. The van der Waals surface area contributed by atoms with Crippen LogP contribution in [0.5, 0.6) is 0 Å². The lowest BCUT2D eigenvalue weighted by molar-refractivity contribution is 0.110. The van der Waals surface area contributed by atoms with Gasteiger partial charge in [0.25, 0.3) is 10.1 Å². The third kappa shape index (κ3) is 2.35. The second-order valence-electron chi connectivity index (χ2n) is 4.46. The van der Waals surface area contributed by atoms with Gasteiger partial charge in [0.1, 0.15) is 10.7 Å². The van der Waals surface area contributed by atoms with Crippen LogP contribution in [0.2, 0.25) is 0 Å². The first kappa shape index (κ1) is 13.5.